The summed E-state index contributed by atoms with van der Waals surface area (Å²) in [6.07, 6.45) is -0.918. The van der Waals surface area contributed by atoms with E-state index in [4.69, 9.17) is 10.5 Å². The molecule has 0 saturated heterocycles. The van der Waals surface area contributed by atoms with Gasteiger partial charge >= 0.3 is 0 Å². The Labute approximate surface area is 80.5 Å². The Morgan fingerprint density at radius 3 is 3.14 bits per heavy atom. The monoisotopic (exact) mass is 198 g/mol. The molecule has 2 atom stereocenters. The van der Waals surface area contributed by atoms with E-state index in [1.165, 1.54) is 18.2 Å². The Bertz CT molecular complexity index is 346. The van der Waals surface area contributed by atoms with Crippen molar-refractivity contribution >= 4 is 5.69 Å². The van der Waals surface area contributed by atoms with Crippen molar-refractivity contribution in [1.29, 1.82) is 0 Å². The lowest BCUT2D eigenvalue weighted by Crippen LogP contribution is -2.42. The Hall–Kier alpha value is -1.33. The Morgan fingerprint density at radius 2 is 2.36 bits per heavy atom. The first-order valence-electron chi connectivity index (χ1n) is 4.29. The van der Waals surface area contributed by atoms with E-state index >= 15 is 0 Å². The average Bonchev–Trinajstić information content (AvgIpc) is 2.27. The lowest BCUT2D eigenvalue weighted by atomic mass is 10.2. The fourth-order valence-corrected chi connectivity index (χ4v) is 1.28. The topological polar surface area (TPSA) is 67.5 Å². The van der Waals surface area contributed by atoms with Gasteiger partial charge in [0.1, 0.15) is 24.4 Å². The van der Waals surface area contributed by atoms with Gasteiger partial charge in [0.25, 0.3) is 0 Å². The van der Waals surface area contributed by atoms with E-state index in [2.05, 4.69) is 5.32 Å². The summed E-state index contributed by atoms with van der Waals surface area (Å²) < 4.78 is 18.1. The molecule has 0 spiro atoms. The van der Waals surface area contributed by atoms with Crippen LogP contribution >= 0.6 is 0 Å². The third-order valence-electron chi connectivity index (χ3n) is 2.08. The van der Waals surface area contributed by atoms with Crippen LogP contribution in [0, 0.1) is 5.82 Å². The van der Waals surface area contributed by atoms with Crippen molar-refractivity contribution in [3.63, 3.8) is 0 Å². The second-order valence-electron chi connectivity index (χ2n) is 3.20. The molecule has 5 heteroatoms. The highest BCUT2D eigenvalue weighted by Gasteiger charge is 2.21. The molecule has 4 nitrogen and oxygen atoms in total. The predicted octanol–water partition coefficient (Wildman–Crippen LogP) is 0.276. The molecule has 1 aliphatic heterocycles. The van der Waals surface area contributed by atoms with Gasteiger partial charge in [-0.2, -0.15) is 0 Å². The maximum atomic E-state index is 12.8. The van der Waals surface area contributed by atoms with Crippen LogP contribution in [0.5, 0.6) is 5.75 Å². The number of halogens is 1. The van der Waals surface area contributed by atoms with E-state index in [1.807, 2.05) is 0 Å². The molecular formula is C9H11FN2O2. The standard InChI is InChI=1S/C9H11FN2O2/c10-5-1-2-8-7(3-5)12-9(13)6(11)4-14-8/h1-3,6,9,12-13H,4,11H2/t6-,9?/m0/s1. The number of hydrogen-bond acceptors (Lipinski definition) is 4. The first-order valence-corrected chi connectivity index (χ1v) is 4.29. The van der Waals surface area contributed by atoms with Crippen LogP contribution < -0.4 is 15.8 Å². The second kappa shape index (κ2) is 3.43. The molecule has 0 saturated carbocycles. The number of nitrogens with two attached hydrogens (primary N) is 1. The van der Waals surface area contributed by atoms with E-state index in [9.17, 15) is 9.50 Å². The van der Waals surface area contributed by atoms with Gasteiger partial charge in [-0.25, -0.2) is 4.39 Å². The number of rotatable bonds is 0. The molecule has 76 valence electrons. The van der Waals surface area contributed by atoms with Crippen molar-refractivity contribution in [1.82, 2.24) is 0 Å². The van der Waals surface area contributed by atoms with Crippen LogP contribution in [-0.4, -0.2) is 24.0 Å². The van der Waals surface area contributed by atoms with E-state index in [-0.39, 0.29) is 12.4 Å². The SMILES string of the molecule is N[C@H]1COc2ccc(F)cc2NC1O. The van der Waals surface area contributed by atoms with Gasteiger partial charge < -0.3 is 20.9 Å². The van der Waals surface area contributed by atoms with Gasteiger partial charge in [0, 0.05) is 6.07 Å². The van der Waals surface area contributed by atoms with Crippen LogP contribution in [-0.2, 0) is 0 Å². The highest BCUT2D eigenvalue weighted by molar-refractivity contribution is 5.57. The molecule has 0 aliphatic carbocycles. The second-order valence-corrected chi connectivity index (χ2v) is 3.20. The van der Waals surface area contributed by atoms with E-state index in [0.717, 1.165) is 0 Å². The average molecular weight is 198 g/mol. The number of aliphatic hydroxyl groups excluding tert-OH is 1. The minimum absolute atomic E-state index is 0.201. The van der Waals surface area contributed by atoms with E-state index in [0.29, 0.717) is 11.4 Å². The summed E-state index contributed by atoms with van der Waals surface area (Å²) in [5, 5.41) is 12.1. The number of aliphatic hydroxyl groups is 1. The van der Waals surface area contributed by atoms with Gasteiger partial charge in [-0.3, -0.25) is 0 Å². The lowest BCUT2D eigenvalue weighted by molar-refractivity contribution is 0.146. The molecule has 1 aromatic carbocycles. The van der Waals surface area contributed by atoms with Crippen LogP contribution in [0.25, 0.3) is 0 Å². The highest BCUT2D eigenvalue weighted by atomic mass is 19.1. The quantitative estimate of drug-likeness (QED) is 0.560. The number of ether oxygens (including phenoxy) is 1. The molecule has 0 radical (unpaired) electrons. The Balaban J connectivity index is 2.33. The molecular weight excluding hydrogens is 187 g/mol. The van der Waals surface area contributed by atoms with Gasteiger partial charge in [0.2, 0.25) is 0 Å². The van der Waals surface area contributed by atoms with Crippen molar-refractivity contribution in [3.8, 4) is 5.75 Å². The largest absolute Gasteiger partial charge is 0.490 e. The highest BCUT2D eigenvalue weighted by Crippen LogP contribution is 2.28. The van der Waals surface area contributed by atoms with Gasteiger partial charge in [0.15, 0.2) is 0 Å². The molecule has 1 heterocycles. The van der Waals surface area contributed by atoms with Crippen molar-refractivity contribution in [2.24, 2.45) is 5.73 Å². The number of benzene rings is 1. The maximum Gasteiger partial charge on any atom is 0.143 e. The molecule has 2 rings (SSSR count). The first-order chi connectivity index (χ1) is 6.66. The van der Waals surface area contributed by atoms with Crippen LogP contribution in [0.3, 0.4) is 0 Å². The molecule has 1 unspecified atom stereocenters. The zero-order valence-corrected chi connectivity index (χ0v) is 7.40. The fraction of sp³-hybridized carbons (Fsp3) is 0.333. The first kappa shape index (κ1) is 9.23. The van der Waals surface area contributed by atoms with Crippen molar-refractivity contribution in [2.45, 2.75) is 12.3 Å². The molecule has 0 fully saturated rings. The molecule has 1 aliphatic rings. The summed E-state index contributed by atoms with van der Waals surface area (Å²) in [6.45, 7) is 0.201. The van der Waals surface area contributed by atoms with Crippen LogP contribution in [0.4, 0.5) is 10.1 Å². The van der Waals surface area contributed by atoms with Gasteiger partial charge in [-0.1, -0.05) is 0 Å². The minimum atomic E-state index is -0.918. The van der Waals surface area contributed by atoms with Crippen molar-refractivity contribution in [2.75, 3.05) is 11.9 Å². The third kappa shape index (κ3) is 1.64. The molecule has 4 N–H and O–H groups in total. The number of anilines is 1. The molecule has 1 aromatic rings. The summed E-state index contributed by atoms with van der Waals surface area (Å²) in [4.78, 5) is 0. The summed E-state index contributed by atoms with van der Waals surface area (Å²) in [5.74, 6) is 0.112. The molecule has 0 bridgehead atoms. The maximum absolute atomic E-state index is 12.8. The van der Waals surface area contributed by atoms with Crippen LogP contribution in [0.15, 0.2) is 18.2 Å². The van der Waals surface area contributed by atoms with Gasteiger partial charge in [-0.15, -0.1) is 0 Å². The molecule has 14 heavy (non-hydrogen) atoms. The van der Waals surface area contributed by atoms with E-state index in [1.54, 1.807) is 0 Å². The zero-order chi connectivity index (χ0) is 10.1. The zero-order valence-electron chi connectivity index (χ0n) is 7.40. The van der Waals surface area contributed by atoms with Gasteiger partial charge in [-0.05, 0) is 12.1 Å². The fourth-order valence-electron chi connectivity index (χ4n) is 1.28. The van der Waals surface area contributed by atoms with Crippen molar-refractivity contribution < 1.29 is 14.2 Å². The number of hydrogen-bond donors (Lipinski definition) is 3. The number of fused-ring (bicyclic) bond motifs is 1. The molecule has 0 aromatic heterocycles. The summed E-state index contributed by atoms with van der Waals surface area (Å²) >= 11 is 0. The normalized spacial score (nSPS) is 25.6. The Morgan fingerprint density at radius 1 is 1.57 bits per heavy atom. The third-order valence-corrected chi connectivity index (χ3v) is 2.08. The van der Waals surface area contributed by atoms with Crippen molar-refractivity contribution in [3.05, 3.63) is 24.0 Å². The molecule has 0 amide bonds. The van der Waals surface area contributed by atoms with Crippen LogP contribution in [0.1, 0.15) is 0 Å². The lowest BCUT2D eigenvalue weighted by Gasteiger charge is -2.15. The summed E-state index contributed by atoms with van der Waals surface area (Å²) in [7, 11) is 0. The smallest absolute Gasteiger partial charge is 0.143 e. The summed E-state index contributed by atoms with van der Waals surface area (Å²) in [6, 6.07) is 3.54. The predicted molar refractivity (Wildman–Crippen MR) is 49.5 cm³/mol. The summed E-state index contributed by atoms with van der Waals surface area (Å²) in [5.41, 5.74) is 5.99. The number of nitrogens with one attached hydrogen (secondary N) is 1. The minimum Gasteiger partial charge on any atom is -0.490 e. The van der Waals surface area contributed by atoms with E-state index < -0.39 is 12.3 Å². The Kier molecular flexibility index (Phi) is 2.26. The van der Waals surface area contributed by atoms with Gasteiger partial charge in [0.05, 0.1) is 11.7 Å². The van der Waals surface area contributed by atoms with Crippen LogP contribution in [0.2, 0.25) is 0 Å².